The highest BCUT2D eigenvalue weighted by molar-refractivity contribution is 7.98. The third-order valence-electron chi connectivity index (χ3n) is 2.74. The Bertz CT molecular complexity index is 727. The first-order valence-electron chi connectivity index (χ1n) is 5.63. The lowest BCUT2D eigenvalue weighted by Crippen LogP contribution is -1.94. The van der Waals surface area contributed by atoms with Crippen LogP contribution in [0.15, 0.2) is 35.6 Å². The van der Waals surface area contributed by atoms with Gasteiger partial charge in [0.1, 0.15) is 0 Å². The van der Waals surface area contributed by atoms with E-state index >= 15 is 0 Å². The molecule has 0 saturated carbocycles. The van der Waals surface area contributed by atoms with Crippen LogP contribution in [0.4, 0.5) is 0 Å². The number of nitrogens with zero attached hydrogens (tertiary/aromatic N) is 5. The largest absolute Gasteiger partial charge is 0.256 e. The Kier molecular flexibility index (Phi) is 3.35. The SMILES string of the molecule is Cn1nnnc1SCc1ccc(Cl)c2cccnc12. The van der Waals surface area contributed by atoms with Gasteiger partial charge in [-0.2, -0.15) is 0 Å². The number of aromatic nitrogens is 5. The van der Waals surface area contributed by atoms with Crippen molar-refractivity contribution in [1.82, 2.24) is 25.2 Å². The van der Waals surface area contributed by atoms with Crippen LogP contribution >= 0.6 is 23.4 Å². The van der Waals surface area contributed by atoms with Crippen LogP contribution < -0.4 is 0 Å². The number of fused-ring (bicyclic) bond motifs is 1. The van der Waals surface area contributed by atoms with Crippen LogP contribution in [0, 0.1) is 0 Å². The molecule has 1 aromatic carbocycles. The van der Waals surface area contributed by atoms with Crippen molar-refractivity contribution in [3.8, 4) is 0 Å². The molecule has 2 aromatic heterocycles. The van der Waals surface area contributed by atoms with E-state index < -0.39 is 0 Å². The fraction of sp³-hybridized carbons (Fsp3) is 0.167. The summed E-state index contributed by atoms with van der Waals surface area (Å²) >= 11 is 7.74. The van der Waals surface area contributed by atoms with Crippen molar-refractivity contribution in [1.29, 1.82) is 0 Å². The van der Waals surface area contributed by atoms with Gasteiger partial charge in [0, 0.05) is 29.4 Å². The number of benzene rings is 1. The van der Waals surface area contributed by atoms with Crippen LogP contribution in [0.3, 0.4) is 0 Å². The zero-order valence-electron chi connectivity index (χ0n) is 10.1. The maximum absolute atomic E-state index is 6.17. The Balaban J connectivity index is 1.93. The zero-order chi connectivity index (χ0) is 13.2. The third-order valence-corrected chi connectivity index (χ3v) is 4.13. The van der Waals surface area contributed by atoms with Crippen molar-refractivity contribution < 1.29 is 0 Å². The molecule has 5 nitrogen and oxygen atoms in total. The molecule has 7 heteroatoms. The van der Waals surface area contributed by atoms with Gasteiger partial charge in [-0.3, -0.25) is 4.98 Å². The standard InChI is InChI=1S/C12H10ClN5S/c1-18-12(15-16-17-18)19-7-8-4-5-10(13)9-3-2-6-14-11(8)9/h2-6H,7H2,1H3. The van der Waals surface area contributed by atoms with Gasteiger partial charge in [-0.15, -0.1) is 5.10 Å². The molecule has 2 heterocycles. The first-order valence-corrected chi connectivity index (χ1v) is 6.99. The number of thioether (sulfide) groups is 1. The normalized spacial score (nSPS) is 11.1. The number of rotatable bonds is 3. The molecule has 0 aliphatic heterocycles. The smallest absolute Gasteiger partial charge is 0.209 e. The van der Waals surface area contributed by atoms with Crippen molar-refractivity contribution in [2.45, 2.75) is 10.9 Å². The van der Waals surface area contributed by atoms with Gasteiger partial charge in [-0.05, 0) is 34.2 Å². The maximum Gasteiger partial charge on any atom is 0.209 e. The Labute approximate surface area is 119 Å². The van der Waals surface area contributed by atoms with Crippen molar-refractivity contribution >= 4 is 34.3 Å². The molecule has 0 saturated heterocycles. The van der Waals surface area contributed by atoms with Crippen LogP contribution in [0.1, 0.15) is 5.56 Å². The molecule has 0 aliphatic rings. The van der Waals surface area contributed by atoms with E-state index in [1.54, 1.807) is 22.6 Å². The number of tetrazole rings is 1. The summed E-state index contributed by atoms with van der Waals surface area (Å²) in [6.45, 7) is 0. The molecule has 0 radical (unpaired) electrons. The summed E-state index contributed by atoms with van der Waals surface area (Å²) in [6, 6.07) is 7.76. The summed E-state index contributed by atoms with van der Waals surface area (Å²) in [5.74, 6) is 0.749. The zero-order valence-corrected chi connectivity index (χ0v) is 11.7. The minimum atomic E-state index is 0.720. The van der Waals surface area contributed by atoms with E-state index in [9.17, 15) is 0 Å². The predicted molar refractivity (Wildman–Crippen MR) is 75.1 cm³/mol. The lowest BCUT2D eigenvalue weighted by Gasteiger charge is -2.06. The van der Waals surface area contributed by atoms with E-state index in [4.69, 9.17) is 11.6 Å². The topological polar surface area (TPSA) is 56.5 Å². The molecule has 0 aliphatic carbocycles. The average Bonchev–Trinajstić information content (AvgIpc) is 2.84. The van der Waals surface area contributed by atoms with E-state index in [1.165, 1.54) is 0 Å². The maximum atomic E-state index is 6.17. The number of pyridine rings is 1. The van der Waals surface area contributed by atoms with Gasteiger partial charge in [0.2, 0.25) is 5.16 Å². The molecule has 0 N–H and O–H groups in total. The summed E-state index contributed by atoms with van der Waals surface area (Å²) < 4.78 is 1.65. The van der Waals surface area contributed by atoms with Crippen LogP contribution in [-0.4, -0.2) is 25.2 Å². The van der Waals surface area contributed by atoms with Crippen molar-refractivity contribution in [2.75, 3.05) is 0 Å². The fourth-order valence-electron chi connectivity index (χ4n) is 1.80. The summed E-state index contributed by atoms with van der Waals surface area (Å²) in [5.41, 5.74) is 2.05. The van der Waals surface area contributed by atoms with Gasteiger partial charge >= 0.3 is 0 Å². The molecule has 0 amide bonds. The van der Waals surface area contributed by atoms with Crippen LogP contribution in [0.25, 0.3) is 10.9 Å². The molecule has 0 spiro atoms. The van der Waals surface area contributed by atoms with E-state index in [0.29, 0.717) is 0 Å². The van der Waals surface area contributed by atoms with Gasteiger partial charge in [-0.25, -0.2) is 4.68 Å². The average molecular weight is 292 g/mol. The molecule has 0 fully saturated rings. The van der Waals surface area contributed by atoms with Crippen LogP contribution in [0.2, 0.25) is 5.02 Å². The van der Waals surface area contributed by atoms with Crippen molar-refractivity contribution in [3.05, 3.63) is 41.0 Å². The quantitative estimate of drug-likeness (QED) is 0.695. The van der Waals surface area contributed by atoms with E-state index in [0.717, 1.165) is 32.4 Å². The van der Waals surface area contributed by atoms with Gasteiger partial charge < -0.3 is 0 Å². The Hall–Kier alpha value is -1.66. The first-order chi connectivity index (χ1) is 9.25. The molecule has 3 rings (SSSR count). The Morgan fingerprint density at radius 1 is 1.32 bits per heavy atom. The highest BCUT2D eigenvalue weighted by atomic mass is 35.5. The van der Waals surface area contributed by atoms with Crippen molar-refractivity contribution in [3.63, 3.8) is 0 Å². The molecular formula is C12H10ClN5S. The summed E-state index contributed by atoms with van der Waals surface area (Å²) in [6.07, 6.45) is 1.77. The summed E-state index contributed by atoms with van der Waals surface area (Å²) in [5, 5.41) is 13.8. The fourth-order valence-corrected chi connectivity index (χ4v) is 2.85. The van der Waals surface area contributed by atoms with E-state index in [2.05, 4.69) is 20.5 Å². The molecule has 0 unspecified atom stereocenters. The first kappa shape index (κ1) is 12.4. The summed E-state index contributed by atoms with van der Waals surface area (Å²) in [4.78, 5) is 4.41. The second-order valence-corrected chi connectivity index (χ2v) is 5.33. The minimum absolute atomic E-state index is 0.720. The van der Waals surface area contributed by atoms with Gasteiger partial charge in [0.25, 0.3) is 0 Å². The highest BCUT2D eigenvalue weighted by Crippen LogP contribution is 2.28. The Morgan fingerprint density at radius 3 is 3.00 bits per heavy atom. The monoisotopic (exact) mass is 291 g/mol. The lowest BCUT2D eigenvalue weighted by atomic mass is 10.1. The highest BCUT2D eigenvalue weighted by Gasteiger charge is 2.08. The van der Waals surface area contributed by atoms with Gasteiger partial charge in [0.15, 0.2) is 0 Å². The lowest BCUT2D eigenvalue weighted by molar-refractivity contribution is 0.664. The third kappa shape index (κ3) is 2.41. The minimum Gasteiger partial charge on any atom is -0.256 e. The van der Waals surface area contributed by atoms with Crippen LogP contribution in [0.5, 0.6) is 0 Å². The number of hydrogen-bond donors (Lipinski definition) is 0. The molecule has 96 valence electrons. The van der Waals surface area contributed by atoms with Crippen molar-refractivity contribution in [2.24, 2.45) is 7.05 Å². The number of halogens is 1. The number of aryl methyl sites for hydroxylation is 1. The van der Waals surface area contributed by atoms with Gasteiger partial charge in [0.05, 0.1) is 5.52 Å². The van der Waals surface area contributed by atoms with E-state index in [1.807, 2.05) is 31.3 Å². The predicted octanol–water partition coefficient (Wildman–Crippen LogP) is 2.70. The molecule has 0 atom stereocenters. The second-order valence-electron chi connectivity index (χ2n) is 3.98. The number of hydrogen-bond acceptors (Lipinski definition) is 5. The molecule has 3 aromatic rings. The molecular weight excluding hydrogens is 282 g/mol. The summed E-state index contributed by atoms with van der Waals surface area (Å²) in [7, 11) is 1.82. The van der Waals surface area contributed by atoms with Crippen LogP contribution in [-0.2, 0) is 12.8 Å². The second kappa shape index (κ2) is 5.14. The van der Waals surface area contributed by atoms with Gasteiger partial charge in [-0.1, -0.05) is 29.4 Å². The van der Waals surface area contributed by atoms with E-state index in [-0.39, 0.29) is 0 Å². The molecule has 0 bridgehead atoms. The Morgan fingerprint density at radius 2 is 2.21 bits per heavy atom. The molecule has 19 heavy (non-hydrogen) atoms.